The van der Waals surface area contributed by atoms with Crippen LogP contribution < -0.4 is 10.6 Å². The van der Waals surface area contributed by atoms with Gasteiger partial charge in [-0.2, -0.15) is 10.1 Å². The van der Waals surface area contributed by atoms with Crippen molar-refractivity contribution in [1.82, 2.24) is 24.7 Å². The van der Waals surface area contributed by atoms with Gasteiger partial charge in [0.2, 0.25) is 5.95 Å². The van der Waals surface area contributed by atoms with E-state index < -0.39 is 0 Å². The van der Waals surface area contributed by atoms with Gasteiger partial charge in [0.15, 0.2) is 5.82 Å². The van der Waals surface area contributed by atoms with Crippen LogP contribution in [0.4, 0.5) is 11.8 Å². The van der Waals surface area contributed by atoms with Crippen LogP contribution in [-0.4, -0.2) is 31.8 Å². The Morgan fingerprint density at radius 3 is 2.82 bits per heavy atom. The Morgan fingerprint density at radius 1 is 1.35 bits per heavy atom. The molecule has 0 fully saturated rings. The van der Waals surface area contributed by atoms with Crippen molar-refractivity contribution in [3.8, 4) is 0 Å². The van der Waals surface area contributed by atoms with Gasteiger partial charge in [-0.05, 0) is 6.92 Å². The van der Waals surface area contributed by atoms with E-state index in [0.717, 1.165) is 17.3 Å². The highest BCUT2D eigenvalue weighted by molar-refractivity contribution is 5.41. The average Bonchev–Trinajstić information content (AvgIpc) is 2.72. The van der Waals surface area contributed by atoms with Crippen LogP contribution in [0.25, 0.3) is 0 Å². The number of hydrogen-bond acceptors (Lipinski definition) is 6. The van der Waals surface area contributed by atoms with E-state index in [9.17, 15) is 0 Å². The predicted octanol–water partition coefficient (Wildman–Crippen LogP) is 0.567. The predicted molar refractivity (Wildman–Crippen MR) is 64.6 cm³/mol. The van der Waals surface area contributed by atoms with Gasteiger partial charge in [-0.1, -0.05) is 0 Å². The summed E-state index contributed by atoms with van der Waals surface area (Å²) in [6.45, 7) is 2.47. The summed E-state index contributed by atoms with van der Waals surface area (Å²) >= 11 is 0. The van der Waals surface area contributed by atoms with Crippen LogP contribution >= 0.6 is 0 Å². The standard InChI is InChI=1S/C10H15N7/c1-7-4-8(15-10(11-2)14-7)12-5-9-13-6-17(3)16-9/h4,6H,5H2,1-3H3,(H2,11,12,14,15). The summed E-state index contributed by atoms with van der Waals surface area (Å²) in [6, 6.07) is 1.88. The fourth-order valence-corrected chi connectivity index (χ4v) is 1.41. The maximum absolute atomic E-state index is 4.28. The smallest absolute Gasteiger partial charge is 0.224 e. The van der Waals surface area contributed by atoms with Crippen LogP contribution in [0.5, 0.6) is 0 Å². The fraction of sp³-hybridized carbons (Fsp3) is 0.400. The summed E-state index contributed by atoms with van der Waals surface area (Å²) in [7, 11) is 3.63. The first-order valence-corrected chi connectivity index (χ1v) is 5.29. The first kappa shape index (κ1) is 11.3. The molecule has 0 atom stereocenters. The quantitative estimate of drug-likeness (QED) is 0.803. The van der Waals surface area contributed by atoms with Crippen molar-refractivity contribution in [2.24, 2.45) is 7.05 Å². The molecule has 90 valence electrons. The molecule has 0 unspecified atom stereocenters. The highest BCUT2D eigenvalue weighted by Crippen LogP contribution is 2.09. The fourth-order valence-electron chi connectivity index (χ4n) is 1.41. The molecule has 0 aliphatic rings. The molecule has 0 saturated heterocycles. The minimum absolute atomic E-state index is 0.542. The van der Waals surface area contributed by atoms with Gasteiger partial charge >= 0.3 is 0 Å². The van der Waals surface area contributed by atoms with Crippen LogP contribution in [0.15, 0.2) is 12.4 Å². The molecule has 0 spiro atoms. The Kier molecular flexibility index (Phi) is 3.17. The van der Waals surface area contributed by atoms with Gasteiger partial charge in [-0.25, -0.2) is 9.97 Å². The zero-order chi connectivity index (χ0) is 12.3. The van der Waals surface area contributed by atoms with E-state index >= 15 is 0 Å². The van der Waals surface area contributed by atoms with Crippen molar-refractivity contribution < 1.29 is 0 Å². The van der Waals surface area contributed by atoms with Gasteiger partial charge in [0, 0.05) is 25.9 Å². The Morgan fingerprint density at radius 2 is 2.18 bits per heavy atom. The van der Waals surface area contributed by atoms with Crippen molar-refractivity contribution in [3.05, 3.63) is 23.9 Å². The van der Waals surface area contributed by atoms with Gasteiger partial charge < -0.3 is 10.6 Å². The van der Waals surface area contributed by atoms with E-state index in [1.54, 1.807) is 18.1 Å². The van der Waals surface area contributed by atoms with Crippen LogP contribution in [0, 0.1) is 6.92 Å². The maximum Gasteiger partial charge on any atom is 0.224 e. The minimum atomic E-state index is 0.542. The molecule has 2 aromatic rings. The topological polar surface area (TPSA) is 80.5 Å². The molecule has 7 nitrogen and oxygen atoms in total. The first-order chi connectivity index (χ1) is 8.17. The van der Waals surface area contributed by atoms with E-state index in [1.807, 2.05) is 20.0 Å². The summed E-state index contributed by atoms with van der Waals surface area (Å²) in [5, 5.41) is 10.2. The second kappa shape index (κ2) is 4.77. The molecule has 2 N–H and O–H groups in total. The molecule has 0 aromatic carbocycles. The van der Waals surface area contributed by atoms with Gasteiger partial charge in [-0.15, -0.1) is 0 Å². The molecule has 0 saturated carbocycles. The van der Waals surface area contributed by atoms with Crippen molar-refractivity contribution in [3.63, 3.8) is 0 Å². The van der Waals surface area contributed by atoms with Crippen molar-refractivity contribution in [2.45, 2.75) is 13.5 Å². The monoisotopic (exact) mass is 233 g/mol. The zero-order valence-corrected chi connectivity index (χ0v) is 10.1. The number of rotatable bonds is 4. The molecule has 0 radical (unpaired) electrons. The number of hydrogen-bond donors (Lipinski definition) is 2. The lowest BCUT2D eigenvalue weighted by atomic mass is 10.4. The number of anilines is 2. The van der Waals surface area contributed by atoms with Crippen molar-refractivity contribution in [1.29, 1.82) is 0 Å². The summed E-state index contributed by atoms with van der Waals surface area (Å²) in [5.41, 5.74) is 0.904. The second-order valence-electron chi connectivity index (χ2n) is 3.66. The summed E-state index contributed by atoms with van der Waals surface area (Å²) in [5.74, 6) is 2.09. The highest BCUT2D eigenvalue weighted by Gasteiger charge is 2.02. The normalized spacial score (nSPS) is 10.3. The third-order valence-corrected chi connectivity index (χ3v) is 2.15. The molecule has 0 amide bonds. The molecule has 17 heavy (non-hydrogen) atoms. The lowest BCUT2D eigenvalue weighted by Gasteiger charge is -2.06. The van der Waals surface area contributed by atoms with Crippen LogP contribution in [0.3, 0.4) is 0 Å². The average molecular weight is 233 g/mol. The van der Waals surface area contributed by atoms with Crippen LogP contribution in [0.1, 0.15) is 11.5 Å². The molecule has 0 aliphatic heterocycles. The largest absolute Gasteiger partial charge is 0.363 e. The highest BCUT2D eigenvalue weighted by atomic mass is 15.3. The van der Waals surface area contributed by atoms with E-state index in [-0.39, 0.29) is 0 Å². The van der Waals surface area contributed by atoms with Crippen LogP contribution in [0.2, 0.25) is 0 Å². The Labute approximate surface area is 99.3 Å². The SMILES string of the molecule is CNc1nc(C)cc(NCc2ncn(C)n2)n1. The first-order valence-electron chi connectivity index (χ1n) is 5.29. The maximum atomic E-state index is 4.28. The number of aryl methyl sites for hydroxylation is 2. The van der Waals surface area contributed by atoms with Gasteiger partial charge in [0.25, 0.3) is 0 Å². The number of aromatic nitrogens is 5. The summed E-state index contributed by atoms with van der Waals surface area (Å²) in [4.78, 5) is 12.6. The Balaban J connectivity index is 2.05. The zero-order valence-electron chi connectivity index (χ0n) is 10.1. The molecular weight excluding hydrogens is 218 g/mol. The second-order valence-corrected chi connectivity index (χ2v) is 3.66. The molecule has 7 heteroatoms. The van der Waals surface area contributed by atoms with Gasteiger partial charge in [0.1, 0.15) is 12.1 Å². The molecular formula is C10H15N7. The minimum Gasteiger partial charge on any atom is -0.363 e. The third-order valence-electron chi connectivity index (χ3n) is 2.15. The molecule has 0 aliphatic carbocycles. The van der Waals surface area contributed by atoms with E-state index in [1.165, 1.54) is 0 Å². The summed E-state index contributed by atoms with van der Waals surface area (Å²) < 4.78 is 1.67. The Hall–Kier alpha value is -2.18. The lowest BCUT2D eigenvalue weighted by Crippen LogP contribution is -2.06. The van der Waals surface area contributed by atoms with Crippen LogP contribution in [-0.2, 0) is 13.6 Å². The molecule has 0 bridgehead atoms. The molecule has 2 heterocycles. The lowest BCUT2D eigenvalue weighted by molar-refractivity contribution is 0.747. The Bertz CT molecular complexity index is 505. The van der Waals surface area contributed by atoms with Crippen molar-refractivity contribution >= 4 is 11.8 Å². The third kappa shape index (κ3) is 2.90. The van der Waals surface area contributed by atoms with E-state index in [4.69, 9.17) is 0 Å². The van der Waals surface area contributed by atoms with E-state index in [2.05, 4.69) is 30.7 Å². The molecule has 2 aromatic heterocycles. The van der Waals surface area contributed by atoms with Gasteiger partial charge in [-0.3, -0.25) is 4.68 Å². The number of nitrogens with one attached hydrogen (secondary N) is 2. The van der Waals surface area contributed by atoms with E-state index in [0.29, 0.717) is 12.5 Å². The van der Waals surface area contributed by atoms with Gasteiger partial charge in [0.05, 0.1) is 6.54 Å². The van der Waals surface area contributed by atoms with Crippen molar-refractivity contribution in [2.75, 3.05) is 17.7 Å². The number of nitrogens with zero attached hydrogens (tertiary/aromatic N) is 5. The summed E-state index contributed by atoms with van der Waals surface area (Å²) in [6.07, 6.45) is 1.67. The molecule has 2 rings (SSSR count).